The van der Waals surface area contributed by atoms with Crippen LogP contribution >= 0.6 is 0 Å². The van der Waals surface area contributed by atoms with Gasteiger partial charge in [0.25, 0.3) is 0 Å². The van der Waals surface area contributed by atoms with Gasteiger partial charge in [0.05, 0.1) is 5.60 Å². The van der Waals surface area contributed by atoms with E-state index in [9.17, 15) is 0 Å². The Hall–Kier alpha value is -0.870. The first-order chi connectivity index (χ1) is 9.22. The average molecular weight is 265 g/mol. The van der Waals surface area contributed by atoms with Gasteiger partial charge in [-0.1, -0.05) is 19.3 Å². The van der Waals surface area contributed by atoms with Crippen molar-refractivity contribution in [2.45, 2.75) is 70.6 Å². The lowest BCUT2D eigenvalue weighted by Crippen LogP contribution is -2.52. The topological polar surface area (TPSA) is 53.1 Å². The number of nitrogens with zero attached hydrogens (tertiary/aromatic N) is 2. The monoisotopic (exact) mass is 265 g/mol. The minimum atomic E-state index is -0.127. The molecule has 1 aliphatic rings. The van der Waals surface area contributed by atoms with Crippen molar-refractivity contribution in [3.63, 3.8) is 0 Å². The van der Waals surface area contributed by atoms with Crippen LogP contribution in [0.25, 0.3) is 0 Å². The molecule has 0 saturated heterocycles. The van der Waals surface area contributed by atoms with Crippen molar-refractivity contribution < 1.29 is 4.74 Å². The van der Waals surface area contributed by atoms with Crippen LogP contribution in [0.5, 0.6) is 0 Å². The lowest BCUT2D eigenvalue weighted by Gasteiger charge is -2.41. The predicted molar refractivity (Wildman–Crippen MR) is 77.0 cm³/mol. The molecule has 0 amide bonds. The molecule has 0 radical (unpaired) electrons. The first kappa shape index (κ1) is 14.5. The first-order valence-electron chi connectivity index (χ1n) is 7.61. The summed E-state index contributed by atoms with van der Waals surface area (Å²) in [6.07, 6.45) is 10.7. The van der Waals surface area contributed by atoms with Crippen LogP contribution in [0.1, 0.15) is 51.8 Å². The van der Waals surface area contributed by atoms with Gasteiger partial charge in [0.1, 0.15) is 5.82 Å². The number of ether oxygens (including phenoxy) is 1. The second-order valence-electron chi connectivity index (χ2n) is 5.50. The second kappa shape index (κ2) is 6.53. The van der Waals surface area contributed by atoms with Crippen LogP contribution in [0.15, 0.2) is 12.4 Å². The van der Waals surface area contributed by atoms with Crippen LogP contribution < -0.4 is 5.73 Å². The molecule has 4 nitrogen and oxygen atoms in total. The van der Waals surface area contributed by atoms with Crippen LogP contribution in [0.3, 0.4) is 0 Å². The van der Waals surface area contributed by atoms with Gasteiger partial charge in [-0.05, 0) is 26.7 Å². The van der Waals surface area contributed by atoms with Crippen molar-refractivity contribution in [3.8, 4) is 0 Å². The van der Waals surface area contributed by atoms with Gasteiger partial charge in [-0.15, -0.1) is 0 Å². The summed E-state index contributed by atoms with van der Waals surface area (Å²) in [7, 11) is 0. The predicted octanol–water partition coefficient (Wildman–Crippen LogP) is 2.51. The third-order valence-electron chi connectivity index (χ3n) is 4.35. The van der Waals surface area contributed by atoms with Crippen molar-refractivity contribution in [2.24, 2.45) is 5.73 Å². The highest BCUT2D eigenvalue weighted by Crippen LogP contribution is 2.34. The van der Waals surface area contributed by atoms with E-state index in [1.54, 1.807) is 0 Å². The lowest BCUT2D eigenvalue weighted by molar-refractivity contribution is -0.0821. The maximum atomic E-state index is 6.51. The number of rotatable bonds is 6. The Labute approximate surface area is 116 Å². The number of aryl methyl sites for hydroxylation is 1. The molecule has 0 spiro atoms. The van der Waals surface area contributed by atoms with E-state index >= 15 is 0 Å². The first-order valence-corrected chi connectivity index (χ1v) is 7.61. The van der Waals surface area contributed by atoms with Crippen molar-refractivity contribution in [1.29, 1.82) is 0 Å². The molecule has 1 aromatic rings. The molecule has 1 atom stereocenters. The van der Waals surface area contributed by atoms with Crippen molar-refractivity contribution in [2.75, 3.05) is 6.61 Å². The van der Waals surface area contributed by atoms with Crippen LogP contribution in [-0.4, -0.2) is 27.8 Å². The molecular formula is C15H27N3O. The fourth-order valence-electron chi connectivity index (χ4n) is 3.26. The van der Waals surface area contributed by atoms with Crippen LogP contribution in [0, 0.1) is 0 Å². The Morgan fingerprint density at radius 3 is 2.74 bits per heavy atom. The zero-order valence-electron chi connectivity index (χ0n) is 12.3. The molecule has 0 aromatic carbocycles. The molecule has 1 saturated carbocycles. The fourth-order valence-corrected chi connectivity index (χ4v) is 3.26. The van der Waals surface area contributed by atoms with E-state index in [1.807, 2.05) is 12.4 Å². The summed E-state index contributed by atoms with van der Waals surface area (Å²) in [6, 6.07) is 0.0421. The van der Waals surface area contributed by atoms with E-state index in [2.05, 4.69) is 23.4 Å². The number of hydrogen-bond donors (Lipinski definition) is 1. The molecule has 1 heterocycles. The van der Waals surface area contributed by atoms with Crippen molar-refractivity contribution in [1.82, 2.24) is 9.55 Å². The highest BCUT2D eigenvalue weighted by Gasteiger charge is 2.39. The quantitative estimate of drug-likeness (QED) is 0.860. The van der Waals surface area contributed by atoms with E-state index in [0.29, 0.717) is 0 Å². The largest absolute Gasteiger partial charge is 0.374 e. The highest BCUT2D eigenvalue weighted by molar-refractivity contribution is 5.02. The van der Waals surface area contributed by atoms with Gasteiger partial charge in [0.15, 0.2) is 0 Å². The van der Waals surface area contributed by atoms with Gasteiger partial charge >= 0.3 is 0 Å². The molecule has 1 unspecified atom stereocenters. The Bertz CT molecular complexity index is 377. The van der Waals surface area contributed by atoms with E-state index < -0.39 is 0 Å². The third-order valence-corrected chi connectivity index (χ3v) is 4.35. The van der Waals surface area contributed by atoms with E-state index in [1.165, 1.54) is 19.3 Å². The summed E-state index contributed by atoms with van der Waals surface area (Å²) in [5.74, 6) is 1.08. The standard InChI is InChI=1S/C15H27N3O/c1-3-18-11-10-17-14(18)12-13(16)15(19-4-2)8-6-5-7-9-15/h10-11,13H,3-9,12,16H2,1-2H3. The third kappa shape index (κ3) is 3.18. The van der Waals surface area contributed by atoms with E-state index in [4.69, 9.17) is 10.5 Å². The highest BCUT2D eigenvalue weighted by atomic mass is 16.5. The SMILES string of the molecule is CCOC1(C(N)Cc2nccn2CC)CCCCC1. The second-order valence-corrected chi connectivity index (χ2v) is 5.50. The summed E-state index contributed by atoms with van der Waals surface area (Å²) in [6.45, 7) is 5.89. The van der Waals surface area contributed by atoms with Crippen molar-refractivity contribution in [3.05, 3.63) is 18.2 Å². The number of imidazole rings is 1. The van der Waals surface area contributed by atoms with Crippen molar-refractivity contribution >= 4 is 0 Å². The molecule has 1 aromatic heterocycles. The Morgan fingerprint density at radius 2 is 2.11 bits per heavy atom. The van der Waals surface area contributed by atoms with Gasteiger partial charge in [-0.2, -0.15) is 0 Å². The molecule has 2 rings (SSSR count). The van der Waals surface area contributed by atoms with Gasteiger partial charge in [-0.25, -0.2) is 4.98 Å². The number of hydrogen-bond acceptors (Lipinski definition) is 3. The molecule has 2 N–H and O–H groups in total. The smallest absolute Gasteiger partial charge is 0.110 e. The van der Waals surface area contributed by atoms with Gasteiger partial charge in [-0.3, -0.25) is 0 Å². The Kier molecular flexibility index (Phi) is 4.99. The molecule has 108 valence electrons. The minimum absolute atomic E-state index is 0.0421. The number of aromatic nitrogens is 2. The lowest BCUT2D eigenvalue weighted by atomic mass is 9.78. The van der Waals surface area contributed by atoms with Gasteiger partial charge in [0.2, 0.25) is 0 Å². The van der Waals surface area contributed by atoms with Crippen LogP contribution in [-0.2, 0) is 17.7 Å². The number of nitrogens with two attached hydrogens (primary N) is 1. The zero-order chi connectivity index (χ0) is 13.7. The van der Waals surface area contributed by atoms with Gasteiger partial charge in [0, 0.05) is 38.0 Å². The zero-order valence-corrected chi connectivity index (χ0v) is 12.3. The normalized spacial score (nSPS) is 20.4. The van der Waals surface area contributed by atoms with E-state index in [0.717, 1.165) is 38.2 Å². The molecule has 0 aliphatic heterocycles. The summed E-state index contributed by atoms with van der Waals surface area (Å²) < 4.78 is 8.26. The van der Waals surface area contributed by atoms with Crippen LogP contribution in [0.2, 0.25) is 0 Å². The average Bonchev–Trinajstić information content (AvgIpc) is 2.87. The Morgan fingerprint density at radius 1 is 1.37 bits per heavy atom. The Balaban J connectivity index is 2.09. The summed E-state index contributed by atoms with van der Waals surface area (Å²) in [5, 5.41) is 0. The fraction of sp³-hybridized carbons (Fsp3) is 0.800. The summed E-state index contributed by atoms with van der Waals surface area (Å²) in [4.78, 5) is 4.44. The molecule has 0 bridgehead atoms. The maximum absolute atomic E-state index is 6.51. The molecule has 1 fully saturated rings. The summed E-state index contributed by atoms with van der Waals surface area (Å²) >= 11 is 0. The van der Waals surface area contributed by atoms with Crippen LogP contribution in [0.4, 0.5) is 0 Å². The molecule has 1 aliphatic carbocycles. The maximum Gasteiger partial charge on any atom is 0.110 e. The molecular weight excluding hydrogens is 238 g/mol. The minimum Gasteiger partial charge on any atom is -0.374 e. The molecule has 4 heteroatoms. The van der Waals surface area contributed by atoms with Gasteiger partial charge < -0.3 is 15.0 Å². The summed E-state index contributed by atoms with van der Waals surface area (Å²) in [5.41, 5.74) is 6.38. The van der Waals surface area contributed by atoms with E-state index in [-0.39, 0.29) is 11.6 Å². The molecule has 19 heavy (non-hydrogen) atoms.